The van der Waals surface area contributed by atoms with Crippen LogP contribution in [0.1, 0.15) is 38.5 Å². The average molecular weight is 360 g/mol. The average Bonchev–Trinajstić information content (AvgIpc) is 2.42. The van der Waals surface area contributed by atoms with Crippen molar-refractivity contribution in [3.8, 4) is 0 Å². The number of halogens is 1. The second kappa shape index (κ2) is 7.23. The Morgan fingerprint density at radius 2 is 1.89 bits per heavy atom. The summed E-state index contributed by atoms with van der Waals surface area (Å²) in [5.74, 6) is 0.871. The van der Waals surface area contributed by atoms with Gasteiger partial charge in [-0.25, -0.2) is 9.97 Å². The second-order valence-corrected chi connectivity index (χ2v) is 6.07. The molecule has 0 saturated heterocycles. The monoisotopic (exact) mass is 360 g/mol. The van der Waals surface area contributed by atoms with Crippen LogP contribution in [0, 0.1) is 3.57 Å². The van der Waals surface area contributed by atoms with Gasteiger partial charge in [-0.1, -0.05) is 19.3 Å². The van der Waals surface area contributed by atoms with Crippen molar-refractivity contribution >= 4 is 28.5 Å². The third-order valence-electron chi connectivity index (χ3n) is 3.48. The molecule has 4 nitrogen and oxygen atoms in total. The zero-order chi connectivity index (χ0) is 12.8. The van der Waals surface area contributed by atoms with E-state index in [0.29, 0.717) is 6.04 Å². The molecule has 0 unspecified atom stereocenters. The second-order valence-electron chi connectivity index (χ2n) is 4.83. The topological polar surface area (TPSA) is 55.0 Å². The number of anilines is 1. The standard InChI is InChI=1S/C13H21IN4/c14-11-9-16-13(17-10-11)18(8-4-7-15)12-5-2-1-3-6-12/h9-10,12H,1-8,15H2. The number of hydrogen-bond acceptors (Lipinski definition) is 4. The SMILES string of the molecule is NCCCN(c1ncc(I)cn1)C1CCCCC1. The highest BCUT2D eigenvalue weighted by Crippen LogP contribution is 2.25. The lowest BCUT2D eigenvalue weighted by Gasteiger charge is -2.34. The number of aromatic nitrogens is 2. The van der Waals surface area contributed by atoms with Crippen molar-refractivity contribution in [2.24, 2.45) is 5.73 Å². The lowest BCUT2D eigenvalue weighted by molar-refractivity contribution is 0.409. The van der Waals surface area contributed by atoms with E-state index in [2.05, 4.69) is 37.5 Å². The Bertz CT molecular complexity index is 349. The van der Waals surface area contributed by atoms with Gasteiger partial charge in [-0.15, -0.1) is 0 Å². The molecule has 1 heterocycles. The van der Waals surface area contributed by atoms with Gasteiger partial charge in [-0.2, -0.15) is 0 Å². The first-order valence-corrected chi connectivity index (χ1v) is 7.83. The summed E-state index contributed by atoms with van der Waals surface area (Å²) in [6.07, 6.45) is 11.3. The molecule has 1 aliphatic carbocycles. The Balaban J connectivity index is 2.10. The fourth-order valence-electron chi connectivity index (χ4n) is 2.55. The Hall–Kier alpha value is -0.430. The van der Waals surface area contributed by atoms with E-state index in [-0.39, 0.29) is 0 Å². The van der Waals surface area contributed by atoms with Gasteiger partial charge >= 0.3 is 0 Å². The summed E-state index contributed by atoms with van der Waals surface area (Å²) >= 11 is 2.24. The summed E-state index contributed by atoms with van der Waals surface area (Å²) in [4.78, 5) is 11.3. The molecule has 0 bridgehead atoms. The van der Waals surface area contributed by atoms with E-state index in [1.54, 1.807) is 0 Å². The molecule has 0 atom stereocenters. The van der Waals surface area contributed by atoms with Crippen LogP contribution in [0.4, 0.5) is 5.95 Å². The van der Waals surface area contributed by atoms with Crippen LogP contribution in [0.15, 0.2) is 12.4 Å². The predicted molar refractivity (Wildman–Crippen MR) is 82.6 cm³/mol. The van der Waals surface area contributed by atoms with Gasteiger partial charge in [0.1, 0.15) is 0 Å². The summed E-state index contributed by atoms with van der Waals surface area (Å²) < 4.78 is 1.08. The van der Waals surface area contributed by atoms with Crippen LogP contribution in [-0.2, 0) is 0 Å². The van der Waals surface area contributed by atoms with Crippen LogP contribution >= 0.6 is 22.6 Å². The van der Waals surface area contributed by atoms with Crippen molar-refractivity contribution in [3.05, 3.63) is 16.0 Å². The van der Waals surface area contributed by atoms with Crippen molar-refractivity contribution in [1.82, 2.24) is 9.97 Å². The van der Waals surface area contributed by atoms with Crippen molar-refractivity contribution in [3.63, 3.8) is 0 Å². The van der Waals surface area contributed by atoms with E-state index in [9.17, 15) is 0 Å². The first kappa shape index (κ1) is 14.0. The van der Waals surface area contributed by atoms with E-state index in [1.165, 1.54) is 32.1 Å². The number of nitrogens with zero attached hydrogens (tertiary/aromatic N) is 3. The first-order valence-electron chi connectivity index (χ1n) is 6.75. The highest BCUT2D eigenvalue weighted by molar-refractivity contribution is 14.1. The van der Waals surface area contributed by atoms with Gasteiger partial charge in [-0.3, -0.25) is 0 Å². The molecule has 0 amide bonds. The smallest absolute Gasteiger partial charge is 0.225 e. The minimum absolute atomic E-state index is 0.602. The van der Waals surface area contributed by atoms with Gasteiger partial charge in [0.2, 0.25) is 5.95 Å². The third kappa shape index (κ3) is 3.78. The molecule has 0 aromatic carbocycles. The van der Waals surface area contributed by atoms with Crippen molar-refractivity contribution < 1.29 is 0 Å². The maximum absolute atomic E-state index is 5.64. The largest absolute Gasteiger partial charge is 0.338 e. The fourth-order valence-corrected chi connectivity index (χ4v) is 2.83. The van der Waals surface area contributed by atoms with Gasteiger partial charge in [0.15, 0.2) is 0 Å². The quantitative estimate of drug-likeness (QED) is 0.820. The maximum atomic E-state index is 5.64. The van der Waals surface area contributed by atoms with Gasteiger partial charge in [-0.05, 0) is 48.4 Å². The molecule has 5 heteroatoms. The van der Waals surface area contributed by atoms with Crippen molar-refractivity contribution in [1.29, 1.82) is 0 Å². The van der Waals surface area contributed by atoms with Crippen molar-refractivity contribution in [2.45, 2.75) is 44.6 Å². The Labute approximate surface area is 123 Å². The highest BCUT2D eigenvalue weighted by atomic mass is 127. The summed E-state index contributed by atoms with van der Waals surface area (Å²) in [6, 6.07) is 0.602. The highest BCUT2D eigenvalue weighted by Gasteiger charge is 2.22. The van der Waals surface area contributed by atoms with Gasteiger partial charge in [0, 0.05) is 28.6 Å². The molecular formula is C13H21IN4. The molecule has 2 N–H and O–H groups in total. The lowest BCUT2D eigenvalue weighted by Crippen LogP contribution is -2.39. The van der Waals surface area contributed by atoms with Gasteiger partial charge in [0.05, 0.1) is 0 Å². The van der Waals surface area contributed by atoms with Crippen LogP contribution in [0.2, 0.25) is 0 Å². The maximum Gasteiger partial charge on any atom is 0.225 e. The molecule has 100 valence electrons. The number of rotatable bonds is 5. The number of hydrogen-bond donors (Lipinski definition) is 1. The normalized spacial score (nSPS) is 16.8. The van der Waals surface area contributed by atoms with E-state index < -0.39 is 0 Å². The molecule has 2 rings (SSSR count). The van der Waals surface area contributed by atoms with Gasteiger partial charge < -0.3 is 10.6 Å². The first-order chi connectivity index (χ1) is 8.81. The van der Waals surface area contributed by atoms with Crippen LogP contribution in [0.3, 0.4) is 0 Å². The summed E-state index contributed by atoms with van der Waals surface area (Å²) in [7, 11) is 0. The minimum atomic E-state index is 0.602. The molecule has 0 radical (unpaired) electrons. The molecule has 0 spiro atoms. The lowest BCUT2D eigenvalue weighted by atomic mass is 9.94. The third-order valence-corrected chi connectivity index (χ3v) is 4.04. The van der Waals surface area contributed by atoms with E-state index in [4.69, 9.17) is 5.73 Å². The Kier molecular flexibility index (Phi) is 5.62. The molecule has 1 aromatic rings. The molecule has 0 aliphatic heterocycles. The van der Waals surface area contributed by atoms with E-state index >= 15 is 0 Å². The van der Waals surface area contributed by atoms with Crippen LogP contribution in [0.5, 0.6) is 0 Å². The van der Waals surface area contributed by atoms with Crippen LogP contribution in [0.25, 0.3) is 0 Å². The molecule has 18 heavy (non-hydrogen) atoms. The zero-order valence-electron chi connectivity index (χ0n) is 10.7. The van der Waals surface area contributed by atoms with Crippen molar-refractivity contribution in [2.75, 3.05) is 18.0 Å². The summed E-state index contributed by atoms with van der Waals surface area (Å²) in [5, 5.41) is 0. The number of nitrogens with two attached hydrogens (primary N) is 1. The molecule has 1 saturated carbocycles. The van der Waals surface area contributed by atoms with E-state index in [1.807, 2.05) is 12.4 Å². The zero-order valence-corrected chi connectivity index (χ0v) is 12.8. The Morgan fingerprint density at radius 3 is 2.50 bits per heavy atom. The summed E-state index contributed by atoms with van der Waals surface area (Å²) in [6.45, 7) is 1.70. The fraction of sp³-hybridized carbons (Fsp3) is 0.692. The summed E-state index contributed by atoms with van der Waals surface area (Å²) in [5.41, 5.74) is 5.64. The van der Waals surface area contributed by atoms with E-state index in [0.717, 1.165) is 29.0 Å². The molecule has 1 aromatic heterocycles. The predicted octanol–water partition coefficient (Wildman–Crippen LogP) is 2.57. The molecule has 1 aliphatic rings. The van der Waals surface area contributed by atoms with Crippen LogP contribution in [-0.4, -0.2) is 29.1 Å². The molecular weight excluding hydrogens is 339 g/mol. The van der Waals surface area contributed by atoms with Crippen LogP contribution < -0.4 is 10.6 Å². The minimum Gasteiger partial charge on any atom is -0.338 e. The van der Waals surface area contributed by atoms with Gasteiger partial charge in [0.25, 0.3) is 0 Å². The molecule has 1 fully saturated rings. The Morgan fingerprint density at radius 1 is 1.22 bits per heavy atom.